The van der Waals surface area contributed by atoms with Crippen molar-refractivity contribution in [2.75, 3.05) is 6.54 Å². The Bertz CT molecular complexity index is 44.2. The molecule has 0 aliphatic heterocycles. The van der Waals surface area contributed by atoms with Gasteiger partial charge in [0.15, 0.2) is 0 Å². The van der Waals surface area contributed by atoms with Gasteiger partial charge in [-0.2, -0.15) is 4.21 Å². The molecule has 0 radical (unpaired) electrons. The van der Waals surface area contributed by atoms with Crippen molar-refractivity contribution in [3.8, 4) is 0 Å². The van der Waals surface area contributed by atoms with Crippen LogP contribution < -0.4 is 5.73 Å². The van der Waals surface area contributed by atoms with Crippen LogP contribution in [0.5, 0.6) is 0 Å². The van der Waals surface area contributed by atoms with E-state index in [0.29, 0.717) is 0 Å². The van der Waals surface area contributed by atoms with E-state index >= 15 is 0 Å². The van der Waals surface area contributed by atoms with Crippen LogP contribution in [0.15, 0.2) is 0 Å². The van der Waals surface area contributed by atoms with Gasteiger partial charge in [-0.1, -0.05) is 6.92 Å². The molecule has 0 rings (SSSR count). The van der Waals surface area contributed by atoms with Gasteiger partial charge in [0.1, 0.15) is 0 Å². The molecule has 7 heavy (non-hydrogen) atoms. The SMILES string of the molecule is CCN.O=S(O)O. The molecule has 4 nitrogen and oxygen atoms in total. The van der Waals surface area contributed by atoms with Gasteiger partial charge < -0.3 is 5.73 Å². The minimum absolute atomic E-state index is 0.750. The fourth-order valence-electron chi connectivity index (χ4n) is 0. The zero-order valence-corrected chi connectivity index (χ0v) is 4.81. The first kappa shape index (κ1) is 10.1. The Hall–Kier alpha value is 0.0300. The van der Waals surface area contributed by atoms with E-state index in [-0.39, 0.29) is 0 Å². The lowest BCUT2D eigenvalue weighted by molar-refractivity contribution is 0.454. The van der Waals surface area contributed by atoms with Crippen molar-refractivity contribution < 1.29 is 13.3 Å². The summed E-state index contributed by atoms with van der Waals surface area (Å²) in [5.41, 5.74) is 4.85. The fourth-order valence-corrected chi connectivity index (χ4v) is 0. The van der Waals surface area contributed by atoms with Gasteiger partial charge in [-0.15, -0.1) is 0 Å². The minimum atomic E-state index is -2.61. The summed E-state index contributed by atoms with van der Waals surface area (Å²) < 4.78 is 22.8. The molecule has 0 aromatic carbocycles. The zero-order valence-electron chi connectivity index (χ0n) is 4.00. The van der Waals surface area contributed by atoms with Crippen LogP contribution in [0.1, 0.15) is 6.92 Å². The fraction of sp³-hybridized carbons (Fsp3) is 1.00. The van der Waals surface area contributed by atoms with Crippen LogP contribution in [0.4, 0.5) is 0 Å². The van der Waals surface area contributed by atoms with E-state index in [1.807, 2.05) is 6.92 Å². The molecular weight excluding hydrogens is 118 g/mol. The van der Waals surface area contributed by atoms with Crippen LogP contribution in [-0.4, -0.2) is 19.9 Å². The lowest BCUT2D eigenvalue weighted by Crippen LogP contribution is -1.87. The third-order valence-electron chi connectivity index (χ3n) is 0. The number of rotatable bonds is 0. The molecule has 46 valence electrons. The predicted molar refractivity (Wildman–Crippen MR) is 28.1 cm³/mol. The molecule has 0 fully saturated rings. The summed E-state index contributed by atoms with van der Waals surface area (Å²) in [6.07, 6.45) is 0. The Kier molecular flexibility index (Phi) is 13.6. The lowest BCUT2D eigenvalue weighted by atomic mass is 10.8. The Morgan fingerprint density at radius 3 is 1.71 bits per heavy atom. The van der Waals surface area contributed by atoms with E-state index in [9.17, 15) is 0 Å². The van der Waals surface area contributed by atoms with E-state index in [0.717, 1.165) is 6.54 Å². The van der Waals surface area contributed by atoms with Crippen LogP contribution >= 0.6 is 0 Å². The first-order valence-electron chi connectivity index (χ1n) is 1.65. The first-order chi connectivity index (χ1) is 3.15. The molecule has 0 heterocycles. The Labute approximate surface area is 44.8 Å². The molecule has 5 heteroatoms. The predicted octanol–water partition coefficient (Wildman–Crippen LogP) is -0.354. The summed E-state index contributed by atoms with van der Waals surface area (Å²) in [5, 5.41) is 0. The van der Waals surface area contributed by atoms with E-state index < -0.39 is 11.4 Å². The highest BCUT2D eigenvalue weighted by Gasteiger charge is 1.62. The van der Waals surface area contributed by atoms with E-state index in [2.05, 4.69) is 0 Å². The maximum Gasteiger partial charge on any atom is 0.299 e. The Morgan fingerprint density at radius 2 is 1.71 bits per heavy atom. The summed E-state index contributed by atoms with van der Waals surface area (Å²) in [6, 6.07) is 0. The van der Waals surface area contributed by atoms with Crippen molar-refractivity contribution >= 4 is 11.4 Å². The molecule has 0 aliphatic carbocycles. The molecule has 0 aromatic rings. The average molecular weight is 127 g/mol. The van der Waals surface area contributed by atoms with Crippen LogP contribution in [0.25, 0.3) is 0 Å². The molecule has 0 saturated carbocycles. The average Bonchev–Trinajstić information content (AvgIpc) is 1.33. The molecule has 0 spiro atoms. The van der Waals surface area contributed by atoms with Gasteiger partial charge in [0.25, 0.3) is 11.4 Å². The minimum Gasteiger partial charge on any atom is -0.331 e. The molecule has 4 N–H and O–H groups in total. The van der Waals surface area contributed by atoms with Crippen molar-refractivity contribution in [2.24, 2.45) is 5.73 Å². The quantitative estimate of drug-likeness (QED) is 0.388. The van der Waals surface area contributed by atoms with Crippen molar-refractivity contribution in [3.63, 3.8) is 0 Å². The monoisotopic (exact) mass is 127 g/mol. The van der Waals surface area contributed by atoms with Gasteiger partial charge in [-0.3, -0.25) is 9.11 Å². The van der Waals surface area contributed by atoms with Gasteiger partial charge in [-0.25, -0.2) is 0 Å². The van der Waals surface area contributed by atoms with Gasteiger partial charge in [0.2, 0.25) is 0 Å². The van der Waals surface area contributed by atoms with Gasteiger partial charge in [0, 0.05) is 0 Å². The maximum atomic E-state index is 8.67. The standard InChI is InChI=1S/C2H7N.H2O3S/c1-2-3;1-4(2)3/h2-3H2,1H3;(H2,1,2,3). The number of nitrogens with two attached hydrogens (primary N) is 1. The largest absolute Gasteiger partial charge is 0.331 e. The second kappa shape index (κ2) is 9.39. The third-order valence-corrected chi connectivity index (χ3v) is 0. The van der Waals surface area contributed by atoms with Crippen LogP contribution in [-0.2, 0) is 11.4 Å². The summed E-state index contributed by atoms with van der Waals surface area (Å²) in [4.78, 5) is 0. The third kappa shape index (κ3) is 109000. The highest BCUT2D eigenvalue weighted by atomic mass is 32.2. The summed E-state index contributed by atoms with van der Waals surface area (Å²) in [5.74, 6) is 0. The maximum absolute atomic E-state index is 8.67. The first-order valence-corrected chi connectivity index (χ1v) is 2.71. The molecule has 0 saturated heterocycles. The van der Waals surface area contributed by atoms with Gasteiger partial charge in [0.05, 0.1) is 0 Å². The Balaban J connectivity index is 0. The lowest BCUT2D eigenvalue weighted by Gasteiger charge is -1.59. The molecule has 0 aliphatic rings. The van der Waals surface area contributed by atoms with E-state index in [1.54, 1.807) is 0 Å². The van der Waals surface area contributed by atoms with Crippen molar-refractivity contribution in [3.05, 3.63) is 0 Å². The van der Waals surface area contributed by atoms with Crippen molar-refractivity contribution in [1.29, 1.82) is 0 Å². The second-order valence-corrected chi connectivity index (χ2v) is 1.10. The zero-order chi connectivity index (χ0) is 6.28. The molecule has 0 amide bonds. The van der Waals surface area contributed by atoms with Crippen LogP contribution in [0.3, 0.4) is 0 Å². The van der Waals surface area contributed by atoms with Crippen molar-refractivity contribution in [2.45, 2.75) is 6.92 Å². The second-order valence-electron chi connectivity index (χ2n) is 0.639. The Morgan fingerprint density at radius 1 is 1.71 bits per heavy atom. The van der Waals surface area contributed by atoms with E-state index in [1.165, 1.54) is 0 Å². The smallest absolute Gasteiger partial charge is 0.299 e. The van der Waals surface area contributed by atoms with E-state index in [4.69, 9.17) is 19.0 Å². The highest BCUT2D eigenvalue weighted by Crippen LogP contribution is 1.44. The van der Waals surface area contributed by atoms with Crippen LogP contribution in [0.2, 0.25) is 0 Å². The molecule has 0 aromatic heterocycles. The number of hydrogen-bond acceptors (Lipinski definition) is 2. The summed E-state index contributed by atoms with van der Waals surface area (Å²) in [7, 11) is 0. The van der Waals surface area contributed by atoms with Crippen LogP contribution in [0, 0.1) is 0 Å². The molecule has 0 bridgehead atoms. The van der Waals surface area contributed by atoms with Crippen molar-refractivity contribution in [1.82, 2.24) is 0 Å². The topological polar surface area (TPSA) is 83.6 Å². The summed E-state index contributed by atoms with van der Waals surface area (Å²) >= 11 is -2.61. The van der Waals surface area contributed by atoms with Gasteiger partial charge >= 0.3 is 0 Å². The number of hydrogen-bond donors (Lipinski definition) is 3. The van der Waals surface area contributed by atoms with Gasteiger partial charge in [-0.05, 0) is 6.54 Å². The molecule has 0 unspecified atom stereocenters. The normalized spacial score (nSPS) is 7.57. The molecular formula is C2H9NO3S. The highest BCUT2D eigenvalue weighted by molar-refractivity contribution is 7.73. The molecule has 0 atom stereocenters. The summed E-state index contributed by atoms with van der Waals surface area (Å²) in [6.45, 7) is 2.65.